The number of hydrogen-bond donors (Lipinski definition) is 2. The molecular formula is C24H30ClNO4. The largest absolute Gasteiger partial charge is 0.494 e. The van der Waals surface area contributed by atoms with E-state index in [0.29, 0.717) is 43.7 Å². The number of benzene rings is 2. The van der Waals surface area contributed by atoms with Crippen LogP contribution in [0.4, 0.5) is 0 Å². The Morgan fingerprint density at radius 1 is 1.27 bits per heavy atom. The molecule has 0 saturated carbocycles. The molecule has 162 valence electrons. The number of carbonyl (C=O) groups is 1. The summed E-state index contributed by atoms with van der Waals surface area (Å²) in [5.74, 6) is 0.651. The predicted molar refractivity (Wildman–Crippen MR) is 118 cm³/mol. The van der Waals surface area contributed by atoms with Crippen LogP contribution in [0, 0.1) is 0 Å². The molecule has 2 atom stereocenters. The molecule has 1 aliphatic carbocycles. The number of aliphatic hydroxyl groups excluding tert-OH is 1. The maximum atomic E-state index is 11.4. The van der Waals surface area contributed by atoms with Crippen molar-refractivity contribution in [2.24, 2.45) is 0 Å². The molecule has 0 amide bonds. The summed E-state index contributed by atoms with van der Waals surface area (Å²) in [6.45, 7) is 3.20. The Bertz CT molecular complexity index is 842. The highest BCUT2D eigenvalue weighted by atomic mass is 35.5. The van der Waals surface area contributed by atoms with Crippen molar-refractivity contribution in [3.63, 3.8) is 0 Å². The fraction of sp³-hybridized carbons (Fsp3) is 0.458. The molecule has 2 unspecified atom stereocenters. The second-order valence-corrected chi connectivity index (χ2v) is 8.04. The van der Waals surface area contributed by atoms with Crippen molar-refractivity contribution in [2.75, 3.05) is 19.8 Å². The topological polar surface area (TPSA) is 67.8 Å². The molecule has 0 saturated heterocycles. The number of rotatable bonds is 10. The van der Waals surface area contributed by atoms with E-state index in [1.165, 1.54) is 11.1 Å². The van der Waals surface area contributed by atoms with E-state index < -0.39 is 6.10 Å². The van der Waals surface area contributed by atoms with Crippen LogP contribution in [0.3, 0.4) is 0 Å². The van der Waals surface area contributed by atoms with E-state index in [1.54, 1.807) is 12.1 Å². The fourth-order valence-corrected chi connectivity index (χ4v) is 3.95. The summed E-state index contributed by atoms with van der Waals surface area (Å²) >= 11 is 6.02. The van der Waals surface area contributed by atoms with Crippen LogP contribution in [0.5, 0.6) is 5.75 Å². The summed E-state index contributed by atoms with van der Waals surface area (Å²) in [6, 6.07) is 13.9. The van der Waals surface area contributed by atoms with Crippen LogP contribution in [-0.2, 0) is 22.4 Å². The number of aliphatic hydroxyl groups is 1. The van der Waals surface area contributed by atoms with E-state index in [1.807, 2.05) is 25.1 Å². The first kappa shape index (κ1) is 22.6. The van der Waals surface area contributed by atoms with Crippen molar-refractivity contribution in [3.05, 3.63) is 64.2 Å². The second kappa shape index (κ2) is 11.3. The number of esters is 1. The highest BCUT2D eigenvalue weighted by molar-refractivity contribution is 6.30. The average molecular weight is 432 g/mol. The van der Waals surface area contributed by atoms with Crippen LogP contribution < -0.4 is 10.1 Å². The van der Waals surface area contributed by atoms with E-state index in [-0.39, 0.29) is 5.97 Å². The smallest absolute Gasteiger partial charge is 0.305 e. The molecule has 0 bridgehead atoms. The van der Waals surface area contributed by atoms with Gasteiger partial charge in [0, 0.05) is 24.0 Å². The summed E-state index contributed by atoms with van der Waals surface area (Å²) in [4.78, 5) is 11.4. The first-order valence-electron chi connectivity index (χ1n) is 10.6. The number of hydrogen-bond acceptors (Lipinski definition) is 5. The van der Waals surface area contributed by atoms with Gasteiger partial charge in [-0.05, 0) is 73.6 Å². The molecule has 2 aromatic rings. The molecule has 0 radical (unpaired) electrons. The second-order valence-electron chi connectivity index (χ2n) is 7.61. The number of ether oxygens (including phenoxy) is 2. The van der Waals surface area contributed by atoms with Crippen molar-refractivity contribution in [2.45, 2.75) is 51.2 Å². The first-order valence-corrected chi connectivity index (χ1v) is 11.0. The van der Waals surface area contributed by atoms with Crippen molar-refractivity contribution in [1.82, 2.24) is 5.32 Å². The summed E-state index contributed by atoms with van der Waals surface area (Å²) in [5.41, 5.74) is 3.45. The molecule has 0 aromatic heterocycles. The molecule has 0 heterocycles. The van der Waals surface area contributed by atoms with Crippen molar-refractivity contribution >= 4 is 17.6 Å². The minimum absolute atomic E-state index is 0.180. The summed E-state index contributed by atoms with van der Waals surface area (Å²) in [5, 5.41) is 14.6. The zero-order valence-corrected chi connectivity index (χ0v) is 18.2. The molecule has 3 rings (SSSR count). The number of halogens is 1. The maximum absolute atomic E-state index is 11.4. The van der Waals surface area contributed by atoms with Gasteiger partial charge in [0.25, 0.3) is 0 Å². The SMILES string of the molecule is CCOC(=O)CCCOc1ccc2c(c1)CC(NCC(O)c1cccc(Cl)c1)CC2. The minimum Gasteiger partial charge on any atom is -0.494 e. The molecule has 0 fully saturated rings. The maximum Gasteiger partial charge on any atom is 0.305 e. The predicted octanol–water partition coefficient (Wildman–Crippen LogP) is 4.24. The van der Waals surface area contributed by atoms with Gasteiger partial charge in [-0.2, -0.15) is 0 Å². The van der Waals surface area contributed by atoms with Crippen LogP contribution in [-0.4, -0.2) is 36.9 Å². The third-order valence-electron chi connectivity index (χ3n) is 5.34. The van der Waals surface area contributed by atoms with Gasteiger partial charge in [0.05, 0.1) is 19.3 Å². The van der Waals surface area contributed by atoms with Crippen LogP contribution in [0.15, 0.2) is 42.5 Å². The lowest BCUT2D eigenvalue weighted by Crippen LogP contribution is -2.37. The van der Waals surface area contributed by atoms with Gasteiger partial charge in [0.15, 0.2) is 0 Å². The van der Waals surface area contributed by atoms with Gasteiger partial charge in [-0.15, -0.1) is 0 Å². The van der Waals surface area contributed by atoms with Crippen molar-refractivity contribution in [1.29, 1.82) is 0 Å². The molecule has 6 heteroatoms. The Hall–Kier alpha value is -2.08. The number of carbonyl (C=O) groups excluding carboxylic acids is 1. The normalized spacial score (nSPS) is 16.6. The van der Waals surface area contributed by atoms with E-state index in [0.717, 1.165) is 30.6 Å². The Kier molecular flexibility index (Phi) is 8.55. The average Bonchev–Trinajstić information content (AvgIpc) is 2.75. The Morgan fingerprint density at radius 2 is 2.13 bits per heavy atom. The van der Waals surface area contributed by atoms with Crippen LogP contribution in [0.1, 0.15) is 49.0 Å². The number of aryl methyl sites for hydroxylation is 1. The zero-order valence-electron chi connectivity index (χ0n) is 17.4. The van der Waals surface area contributed by atoms with Crippen molar-refractivity contribution < 1.29 is 19.4 Å². The Balaban J connectivity index is 1.47. The molecule has 2 aromatic carbocycles. The molecule has 0 spiro atoms. The first-order chi connectivity index (χ1) is 14.5. The van der Waals surface area contributed by atoms with Gasteiger partial charge < -0.3 is 19.9 Å². The zero-order chi connectivity index (χ0) is 21.3. The Morgan fingerprint density at radius 3 is 2.93 bits per heavy atom. The van der Waals surface area contributed by atoms with Gasteiger partial charge in [-0.3, -0.25) is 4.79 Å². The highest BCUT2D eigenvalue weighted by Crippen LogP contribution is 2.26. The lowest BCUT2D eigenvalue weighted by Gasteiger charge is -2.27. The van der Waals surface area contributed by atoms with E-state index in [2.05, 4.69) is 17.4 Å². The molecule has 1 aliphatic rings. The van der Waals surface area contributed by atoms with Crippen molar-refractivity contribution in [3.8, 4) is 5.75 Å². The third-order valence-corrected chi connectivity index (χ3v) is 5.57. The third kappa shape index (κ3) is 6.73. The van der Waals surface area contributed by atoms with Gasteiger partial charge in [0.1, 0.15) is 5.75 Å². The molecule has 0 aliphatic heterocycles. The standard InChI is InChI=1S/C24H30ClNO4/c1-2-29-24(28)7-4-12-30-22-11-9-17-8-10-21(14-19(17)15-22)26-16-23(27)18-5-3-6-20(25)13-18/h3,5-6,9,11,13,15,21,23,26-27H,2,4,7-8,10,12,14,16H2,1H3. The lowest BCUT2D eigenvalue weighted by atomic mass is 9.88. The molecule has 5 nitrogen and oxygen atoms in total. The van der Waals surface area contributed by atoms with Crippen LogP contribution >= 0.6 is 11.6 Å². The molecule has 2 N–H and O–H groups in total. The summed E-state index contributed by atoms with van der Waals surface area (Å²) in [7, 11) is 0. The van der Waals surface area contributed by atoms with Gasteiger partial charge in [0.2, 0.25) is 0 Å². The minimum atomic E-state index is -0.584. The lowest BCUT2D eigenvalue weighted by molar-refractivity contribution is -0.143. The molecule has 30 heavy (non-hydrogen) atoms. The van der Waals surface area contributed by atoms with Gasteiger partial charge >= 0.3 is 5.97 Å². The fourth-order valence-electron chi connectivity index (χ4n) is 3.75. The highest BCUT2D eigenvalue weighted by Gasteiger charge is 2.20. The molecular weight excluding hydrogens is 402 g/mol. The Labute approximate surface area is 183 Å². The quantitative estimate of drug-likeness (QED) is 0.435. The van der Waals surface area contributed by atoms with Crippen LogP contribution in [0.2, 0.25) is 5.02 Å². The van der Waals surface area contributed by atoms with Gasteiger partial charge in [-0.1, -0.05) is 29.8 Å². The summed E-state index contributed by atoms with van der Waals surface area (Å²) < 4.78 is 10.8. The van der Waals surface area contributed by atoms with Gasteiger partial charge in [-0.25, -0.2) is 0 Å². The number of fused-ring (bicyclic) bond motifs is 1. The van der Waals surface area contributed by atoms with E-state index in [9.17, 15) is 9.90 Å². The summed E-state index contributed by atoms with van der Waals surface area (Å²) in [6.07, 6.45) is 3.37. The van der Waals surface area contributed by atoms with E-state index in [4.69, 9.17) is 21.1 Å². The monoisotopic (exact) mass is 431 g/mol. The van der Waals surface area contributed by atoms with Crippen LogP contribution in [0.25, 0.3) is 0 Å². The number of nitrogens with one attached hydrogen (secondary N) is 1. The van der Waals surface area contributed by atoms with E-state index >= 15 is 0 Å².